The van der Waals surface area contributed by atoms with E-state index in [1.165, 1.54) is 0 Å². The van der Waals surface area contributed by atoms with Crippen molar-refractivity contribution in [2.75, 3.05) is 13.4 Å². The van der Waals surface area contributed by atoms with Gasteiger partial charge in [0, 0.05) is 0 Å². The van der Waals surface area contributed by atoms with Gasteiger partial charge in [0.2, 0.25) is 0 Å². The first-order valence-corrected chi connectivity index (χ1v) is 3.08. The lowest BCUT2D eigenvalue weighted by Crippen LogP contribution is -2.20. The SMILES string of the molecule is CC1CCOCO1.O=CO. The Morgan fingerprint density at radius 2 is 2.30 bits per heavy atom. The largest absolute Gasteiger partial charge is 0.483 e. The van der Waals surface area contributed by atoms with Gasteiger partial charge in [-0.1, -0.05) is 0 Å². The van der Waals surface area contributed by atoms with E-state index in [1.54, 1.807) is 0 Å². The fraction of sp³-hybridized carbons (Fsp3) is 0.833. The van der Waals surface area contributed by atoms with E-state index >= 15 is 0 Å². The van der Waals surface area contributed by atoms with Gasteiger partial charge in [0.15, 0.2) is 0 Å². The Balaban J connectivity index is 0.000000236. The average molecular weight is 148 g/mol. The number of carbonyl (C=O) groups is 1. The van der Waals surface area contributed by atoms with Crippen molar-refractivity contribution in [3.05, 3.63) is 0 Å². The predicted molar refractivity (Wildman–Crippen MR) is 34.7 cm³/mol. The summed E-state index contributed by atoms with van der Waals surface area (Å²) in [7, 11) is 0. The monoisotopic (exact) mass is 148 g/mol. The molecule has 0 radical (unpaired) electrons. The molecule has 1 N–H and O–H groups in total. The second-order valence-electron chi connectivity index (χ2n) is 1.90. The van der Waals surface area contributed by atoms with Crippen molar-refractivity contribution in [1.82, 2.24) is 0 Å². The molecule has 1 unspecified atom stereocenters. The van der Waals surface area contributed by atoms with E-state index < -0.39 is 0 Å². The lowest BCUT2D eigenvalue weighted by atomic mass is 10.3. The maximum atomic E-state index is 8.36. The molecule has 0 aromatic rings. The fourth-order valence-electron chi connectivity index (χ4n) is 0.556. The highest BCUT2D eigenvalue weighted by atomic mass is 16.7. The summed E-state index contributed by atoms with van der Waals surface area (Å²) in [6.07, 6.45) is 1.45. The van der Waals surface area contributed by atoms with Crippen molar-refractivity contribution in [1.29, 1.82) is 0 Å². The maximum Gasteiger partial charge on any atom is 0.290 e. The molecule has 1 heterocycles. The third-order valence-electron chi connectivity index (χ3n) is 1.10. The molecule has 4 heteroatoms. The van der Waals surface area contributed by atoms with Crippen molar-refractivity contribution in [3.63, 3.8) is 0 Å². The first kappa shape index (κ1) is 9.39. The first-order valence-electron chi connectivity index (χ1n) is 3.08. The number of hydrogen-bond acceptors (Lipinski definition) is 3. The van der Waals surface area contributed by atoms with E-state index in [4.69, 9.17) is 19.4 Å². The maximum absolute atomic E-state index is 8.36. The van der Waals surface area contributed by atoms with Gasteiger partial charge in [-0.3, -0.25) is 4.79 Å². The molecular weight excluding hydrogens is 136 g/mol. The zero-order valence-corrected chi connectivity index (χ0v) is 5.95. The summed E-state index contributed by atoms with van der Waals surface area (Å²) >= 11 is 0. The molecule has 0 amide bonds. The number of ether oxygens (including phenoxy) is 2. The number of carboxylic acid groups (broad SMARTS) is 1. The molecule has 1 rings (SSSR count). The smallest absolute Gasteiger partial charge is 0.290 e. The van der Waals surface area contributed by atoms with Crippen molar-refractivity contribution in [2.45, 2.75) is 19.4 Å². The molecule has 1 saturated heterocycles. The van der Waals surface area contributed by atoms with E-state index in [-0.39, 0.29) is 6.47 Å². The number of hydrogen-bond donors (Lipinski definition) is 1. The van der Waals surface area contributed by atoms with Crippen LogP contribution in [-0.4, -0.2) is 31.1 Å². The summed E-state index contributed by atoms with van der Waals surface area (Å²) in [6.45, 7) is 3.16. The van der Waals surface area contributed by atoms with Crippen LogP contribution in [0, 0.1) is 0 Å². The minimum Gasteiger partial charge on any atom is -0.483 e. The van der Waals surface area contributed by atoms with Crippen LogP contribution in [0.25, 0.3) is 0 Å². The van der Waals surface area contributed by atoms with Crippen molar-refractivity contribution in [3.8, 4) is 0 Å². The van der Waals surface area contributed by atoms with Gasteiger partial charge >= 0.3 is 0 Å². The van der Waals surface area contributed by atoms with Crippen LogP contribution in [0.15, 0.2) is 0 Å². The second-order valence-corrected chi connectivity index (χ2v) is 1.90. The zero-order valence-electron chi connectivity index (χ0n) is 5.95. The predicted octanol–water partition coefficient (Wildman–Crippen LogP) is 0.470. The van der Waals surface area contributed by atoms with E-state index in [1.807, 2.05) is 0 Å². The van der Waals surface area contributed by atoms with E-state index in [9.17, 15) is 0 Å². The number of rotatable bonds is 0. The summed E-state index contributed by atoms with van der Waals surface area (Å²) in [5.41, 5.74) is 0. The lowest BCUT2D eigenvalue weighted by Gasteiger charge is -2.17. The van der Waals surface area contributed by atoms with Crippen molar-refractivity contribution >= 4 is 6.47 Å². The van der Waals surface area contributed by atoms with Crippen LogP contribution >= 0.6 is 0 Å². The van der Waals surface area contributed by atoms with E-state index in [0.29, 0.717) is 12.9 Å². The van der Waals surface area contributed by atoms with Crippen molar-refractivity contribution in [2.24, 2.45) is 0 Å². The Morgan fingerprint density at radius 3 is 2.50 bits per heavy atom. The molecule has 1 fully saturated rings. The van der Waals surface area contributed by atoms with Crippen LogP contribution in [0.2, 0.25) is 0 Å². The molecular formula is C6H12O4. The van der Waals surface area contributed by atoms with Gasteiger partial charge in [-0.2, -0.15) is 0 Å². The molecule has 0 saturated carbocycles. The van der Waals surface area contributed by atoms with Gasteiger partial charge in [0.1, 0.15) is 6.79 Å². The summed E-state index contributed by atoms with van der Waals surface area (Å²) in [5.74, 6) is 0. The third-order valence-corrected chi connectivity index (χ3v) is 1.10. The van der Waals surface area contributed by atoms with Crippen LogP contribution in [0.4, 0.5) is 0 Å². The van der Waals surface area contributed by atoms with Crippen LogP contribution in [-0.2, 0) is 14.3 Å². The molecule has 0 aromatic carbocycles. The van der Waals surface area contributed by atoms with Gasteiger partial charge < -0.3 is 14.6 Å². The summed E-state index contributed by atoms with van der Waals surface area (Å²) in [4.78, 5) is 8.36. The summed E-state index contributed by atoms with van der Waals surface area (Å²) < 4.78 is 9.97. The molecule has 4 nitrogen and oxygen atoms in total. The van der Waals surface area contributed by atoms with Gasteiger partial charge in [0.05, 0.1) is 12.7 Å². The highest BCUT2D eigenvalue weighted by Crippen LogP contribution is 2.02. The first-order chi connectivity index (χ1) is 4.81. The Labute approximate surface area is 59.7 Å². The highest BCUT2D eigenvalue weighted by molar-refractivity contribution is 5.32. The Hall–Kier alpha value is -0.610. The quantitative estimate of drug-likeness (QED) is 0.507. The highest BCUT2D eigenvalue weighted by Gasteiger charge is 2.05. The molecule has 0 spiro atoms. The van der Waals surface area contributed by atoms with Crippen LogP contribution < -0.4 is 0 Å². The Morgan fingerprint density at radius 1 is 1.70 bits per heavy atom. The minimum atomic E-state index is -0.250. The Kier molecular flexibility index (Phi) is 6.11. The zero-order chi connectivity index (χ0) is 7.82. The van der Waals surface area contributed by atoms with Crippen LogP contribution in [0.3, 0.4) is 0 Å². The van der Waals surface area contributed by atoms with E-state index in [0.717, 1.165) is 13.0 Å². The van der Waals surface area contributed by atoms with Crippen molar-refractivity contribution < 1.29 is 19.4 Å². The van der Waals surface area contributed by atoms with Gasteiger partial charge in [-0.05, 0) is 13.3 Å². The van der Waals surface area contributed by atoms with E-state index in [2.05, 4.69) is 6.92 Å². The molecule has 10 heavy (non-hydrogen) atoms. The van der Waals surface area contributed by atoms with Gasteiger partial charge in [-0.15, -0.1) is 0 Å². The minimum absolute atomic E-state index is 0.250. The summed E-state index contributed by atoms with van der Waals surface area (Å²) in [6, 6.07) is 0. The van der Waals surface area contributed by atoms with Crippen LogP contribution in [0.5, 0.6) is 0 Å². The molecule has 1 aliphatic heterocycles. The second kappa shape index (κ2) is 6.51. The topological polar surface area (TPSA) is 55.8 Å². The normalized spacial score (nSPS) is 24.3. The lowest BCUT2D eigenvalue weighted by molar-refractivity contribution is -0.132. The molecule has 1 atom stereocenters. The summed E-state index contributed by atoms with van der Waals surface area (Å²) in [5, 5.41) is 6.89. The molecule has 0 bridgehead atoms. The Bertz CT molecular complexity index is 77.8. The average Bonchev–Trinajstić information content (AvgIpc) is 1.91. The molecule has 1 aliphatic rings. The molecule has 60 valence electrons. The standard InChI is InChI=1S/C5H10O2.CH2O2/c1-5-2-3-6-4-7-5;2-1-3/h5H,2-4H2,1H3;1H,(H,2,3). The third kappa shape index (κ3) is 5.53. The molecule has 0 aromatic heterocycles. The molecule has 0 aliphatic carbocycles. The van der Waals surface area contributed by atoms with Gasteiger partial charge in [-0.25, -0.2) is 0 Å². The van der Waals surface area contributed by atoms with Gasteiger partial charge in [0.25, 0.3) is 6.47 Å². The fourth-order valence-corrected chi connectivity index (χ4v) is 0.556. The van der Waals surface area contributed by atoms with Crippen LogP contribution in [0.1, 0.15) is 13.3 Å².